The molecule has 25 heavy (non-hydrogen) atoms. The summed E-state index contributed by atoms with van der Waals surface area (Å²) in [7, 11) is -0.576. The van der Waals surface area contributed by atoms with E-state index in [1.54, 1.807) is 12.1 Å². The lowest BCUT2D eigenvalue weighted by Gasteiger charge is -2.32. The Morgan fingerprint density at radius 2 is 1.88 bits per heavy atom. The van der Waals surface area contributed by atoms with Crippen LogP contribution in [0.15, 0.2) is 23.7 Å². The third-order valence-electron chi connectivity index (χ3n) is 4.57. The van der Waals surface area contributed by atoms with Gasteiger partial charge in [0.1, 0.15) is 5.82 Å². The summed E-state index contributed by atoms with van der Waals surface area (Å²) in [6.45, 7) is 9.39. The lowest BCUT2D eigenvalue weighted by atomic mass is 9.78. The number of hydrogen-bond acceptors (Lipinski definition) is 4. The fourth-order valence-electron chi connectivity index (χ4n) is 2.33. The fourth-order valence-corrected chi connectivity index (χ4v) is 3.14. The molecular weight excluding hydrogens is 362 g/mol. The van der Waals surface area contributed by atoms with Crippen molar-refractivity contribution in [2.75, 3.05) is 5.75 Å². The van der Waals surface area contributed by atoms with Crippen molar-refractivity contribution < 1.29 is 18.5 Å². The van der Waals surface area contributed by atoms with Crippen molar-refractivity contribution in [1.82, 2.24) is 0 Å². The Balaban J connectivity index is 2.33. The number of carbonyl (C=O) groups excluding carboxylic acids is 1. The van der Waals surface area contributed by atoms with E-state index in [2.05, 4.69) is 0 Å². The predicted octanol–water partition coefficient (Wildman–Crippen LogP) is 4.86. The van der Waals surface area contributed by atoms with Gasteiger partial charge >= 0.3 is 7.12 Å². The molecule has 1 heterocycles. The van der Waals surface area contributed by atoms with Crippen molar-refractivity contribution >= 4 is 41.7 Å². The number of thioether (sulfide) groups is 1. The summed E-state index contributed by atoms with van der Waals surface area (Å²) in [4.78, 5) is 11.4. The van der Waals surface area contributed by atoms with Crippen molar-refractivity contribution in [2.24, 2.45) is 0 Å². The first-order valence-electron chi connectivity index (χ1n) is 8.09. The predicted molar refractivity (Wildman–Crippen MR) is 103 cm³/mol. The van der Waals surface area contributed by atoms with E-state index < -0.39 is 18.3 Å². The second-order valence-electron chi connectivity index (χ2n) is 7.07. The topological polar surface area (TPSA) is 35.5 Å². The minimum atomic E-state index is -0.576. The highest BCUT2D eigenvalue weighted by molar-refractivity contribution is 8.13. The van der Waals surface area contributed by atoms with Gasteiger partial charge in [0.2, 0.25) is 0 Å². The molecule has 1 saturated heterocycles. The SMILES string of the molecule is CC(=O)SCC(=Cc1ccc(CCl)c(F)c1)B1OC(C)(C)C(C)(C)O1. The number of rotatable bonds is 5. The van der Waals surface area contributed by atoms with Gasteiger partial charge in [0.15, 0.2) is 5.12 Å². The average molecular weight is 385 g/mol. The summed E-state index contributed by atoms with van der Waals surface area (Å²) in [5.41, 5.74) is 0.961. The van der Waals surface area contributed by atoms with Crippen LogP contribution < -0.4 is 0 Å². The lowest BCUT2D eigenvalue weighted by molar-refractivity contribution is -0.109. The normalized spacial score (nSPS) is 19.3. The van der Waals surface area contributed by atoms with E-state index in [4.69, 9.17) is 20.9 Å². The van der Waals surface area contributed by atoms with Crippen LogP contribution in [0.5, 0.6) is 0 Å². The number of hydrogen-bond donors (Lipinski definition) is 0. The standard InChI is InChI=1S/C18H23BClFO3S/c1-12(22)25-11-15(19-23-17(2,3)18(4,5)24-19)8-13-6-7-14(10-20)16(21)9-13/h6-9H,10-11H2,1-5H3. The van der Waals surface area contributed by atoms with Crippen LogP contribution in [0.3, 0.4) is 0 Å². The van der Waals surface area contributed by atoms with Gasteiger partial charge in [-0.15, -0.1) is 11.6 Å². The summed E-state index contributed by atoms with van der Waals surface area (Å²) < 4.78 is 26.2. The molecule has 0 spiro atoms. The maximum absolute atomic E-state index is 14.0. The Morgan fingerprint density at radius 3 is 2.36 bits per heavy atom. The smallest absolute Gasteiger partial charge is 0.400 e. The number of halogens is 2. The van der Waals surface area contributed by atoms with E-state index in [1.165, 1.54) is 24.8 Å². The monoisotopic (exact) mass is 384 g/mol. The zero-order valence-electron chi connectivity index (χ0n) is 15.2. The van der Waals surface area contributed by atoms with Crippen molar-refractivity contribution in [3.8, 4) is 0 Å². The summed E-state index contributed by atoms with van der Waals surface area (Å²) in [6.07, 6.45) is 1.82. The first-order valence-corrected chi connectivity index (χ1v) is 9.61. The van der Waals surface area contributed by atoms with Gasteiger partial charge < -0.3 is 9.31 Å². The number of carbonyl (C=O) groups is 1. The zero-order chi connectivity index (χ0) is 18.8. The second-order valence-corrected chi connectivity index (χ2v) is 8.49. The fraction of sp³-hybridized carbons (Fsp3) is 0.500. The van der Waals surface area contributed by atoms with E-state index in [1.807, 2.05) is 33.8 Å². The molecular formula is C18H23BClFO3S. The minimum Gasteiger partial charge on any atom is -0.400 e. The molecule has 1 aliphatic rings. The minimum absolute atomic E-state index is 0.00564. The van der Waals surface area contributed by atoms with Crippen molar-refractivity contribution in [3.63, 3.8) is 0 Å². The van der Waals surface area contributed by atoms with Crippen LogP contribution in [-0.2, 0) is 20.0 Å². The Labute approximate surface area is 158 Å². The Morgan fingerprint density at radius 1 is 1.28 bits per heavy atom. The molecule has 2 rings (SSSR count). The number of benzene rings is 1. The lowest BCUT2D eigenvalue weighted by Crippen LogP contribution is -2.41. The molecule has 1 aromatic carbocycles. The van der Waals surface area contributed by atoms with E-state index in [0.717, 1.165) is 5.47 Å². The van der Waals surface area contributed by atoms with E-state index in [-0.39, 0.29) is 16.8 Å². The highest BCUT2D eigenvalue weighted by Crippen LogP contribution is 2.39. The van der Waals surface area contributed by atoms with Crippen LogP contribution in [0.2, 0.25) is 0 Å². The van der Waals surface area contributed by atoms with E-state index >= 15 is 0 Å². The Bertz CT molecular complexity index is 675. The summed E-state index contributed by atoms with van der Waals surface area (Å²) in [5.74, 6) is 0.196. The van der Waals surface area contributed by atoms with Gasteiger partial charge in [0, 0.05) is 18.2 Å². The van der Waals surface area contributed by atoms with E-state index in [9.17, 15) is 9.18 Å². The molecule has 0 saturated carbocycles. The van der Waals surface area contributed by atoms with Crippen LogP contribution in [0.25, 0.3) is 6.08 Å². The third-order valence-corrected chi connectivity index (χ3v) is 5.74. The number of alkyl halides is 1. The molecule has 1 aliphatic heterocycles. The molecule has 0 aromatic heterocycles. The Kier molecular flexibility index (Phi) is 6.42. The van der Waals surface area contributed by atoms with Crippen LogP contribution in [0.1, 0.15) is 45.7 Å². The molecule has 0 unspecified atom stereocenters. The van der Waals surface area contributed by atoms with Gasteiger partial charge in [-0.1, -0.05) is 30.0 Å². The zero-order valence-corrected chi connectivity index (χ0v) is 16.8. The van der Waals surface area contributed by atoms with Crippen LogP contribution in [-0.4, -0.2) is 29.2 Å². The maximum atomic E-state index is 14.0. The molecule has 0 radical (unpaired) electrons. The highest BCUT2D eigenvalue weighted by Gasteiger charge is 2.52. The molecule has 3 nitrogen and oxygen atoms in total. The van der Waals surface area contributed by atoms with Gasteiger partial charge in [-0.3, -0.25) is 4.79 Å². The molecule has 1 aromatic rings. The van der Waals surface area contributed by atoms with Crippen molar-refractivity contribution in [1.29, 1.82) is 0 Å². The van der Waals surface area contributed by atoms with Crippen molar-refractivity contribution in [3.05, 3.63) is 40.6 Å². The van der Waals surface area contributed by atoms with Crippen molar-refractivity contribution in [2.45, 2.75) is 51.7 Å². The molecule has 1 fully saturated rings. The molecule has 0 bridgehead atoms. The molecule has 7 heteroatoms. The maximum Gasteiger partial charge on any atom is 0.491 e. The van der Waals surface area contributed by atoms with Gasteiger partial charge in [-0.2, -0.15) is 0 Å². The van der Waals surface area contributed by atoms with Crippen LogP contribution in [0.4, 0.5) is 4.39 Å². The summed E-state index contributed by atoms with van der Waals surface area (Å²) in [6, 6.07) is 4.89. The molecule has 0 N–H and O–H groups in total. The molecule has 0 amide bonds. The van der Waals surface area contributed by atoms with Gasteiger partial charge in [0.05, 0.1) is 17.1 Å². The van der Waals surface area contributed by atoms with Gasteiger partial charge in [0.25, 0.3) is 0 Å². The van der Waals surface area contributed by atoms with Crippen LogP contribution in [0, 0.1) is 5.82 Å². The molecule has 0 aliphatic carbocycles. The largest absolute Gasteiger partial charge is 0.491 e. The quantitative estimate of drug-likeness (QED) is 0.536. The first-order chi connectivity index (χ1) is 11.6. The van der Waals surface area contributed by atoms with Crippen LogP contribution >= 0.6 is 23.4 Å². The first kappa shape index (κ1) is 20.5. The average Bonchev–Trinajstić information content (AvgIpc) is 2.71. The van der Waals surface area contributed by atoms with Gasteiger partial charge in [-0.25, -0.2) is 4.39 Å². The third kappa shape index (κ3) is 4.88. The molecule has 136 valence electrons. The molecule has 0 atom stereocenters. The highest BCUT2D eigenvalue weighted by atomic mass is 35.5. The summed E-state index contributed by atoms with van der Waals surface area (Å²) in [5, 5.41) is 0.00564. The van der Waals surface area contributed by atoms with Gasteiger partial charge in [-0.05, 0) is 44.8 Å². The van der Waals surface area contributed by atoms with E-state index in [0.29, 0.717) is 16.9 Å². The Hall–Kier alpha value is -0.815. The summed E-state index contributed by atoms with van der Waals surface area (Å²) >= 11 is 6.88. The second kappa shape index (κ2) is 7.83.